The Bertz CT molecular complexity index is 1200. The Morgan fingerprint density at radius 2 is 2.03 bits per heavy atom. The summed E-state index contributed by atoms with van der Waals surface area (Å²) in [7, 11) is 1.67. The van der Waals surface area contributed by atoms with Gasteiger partial charge in [0, 0.05) is 6.42 Å². The summed E-state index contributed by atoms with van der Waals surface area (Å²) in [6, 6.07) is 15.6. The first-order valence-corrected chi connectivity index (χ1v) is 11.3. The van der Waals surface area contributed by atoms with Gasteiger partial charge in [0.15, 0.2) is 11.5 Å². The van der Waals surface area contributed by atoms with E-state index in [1.54, 1.807) is 19.3 Å². The van der Waals surface area contributed by atoms with E-state index >= 15 is 0 Å². The Balaban J connectivity index is 1.63. The summed E-state index contributed by atoms with van der Waals surface area (Å²) in [4.78, 5) is 4.83. The third kappa shape index (κ3) is 5.07. The highest BCUT2D eigenvalue weighted by Crippen LogP contribution is 2.35. The normalized spacial score (nSPS) is 15.1. The van der Waals surface area contributed by atoms with Crippen molar-refractivity contribution < 1.29 is 9.47 Å². The summed E-state index contributed by atoms with van der Waals surface area (Å²) < 4.78 is 14.0. The smallest absolute Gasteiger partial charge is 0.164 e. The quantitative estimate of drug-likeness (QED) is 0.466. The number of aromatic nitrogens is 2. The molecule has 3 aromatic rings. The topological polar surface area (TPSA) is 110 Å². The van der Waals surface area contributed by atoms with E-state index in [-0.39, 0.29) is 11.8 Å². The van der Waals surface area contributed by atoms with E-state index < -0.39 is 6.17 Å². The van der Waals surface area contributed by atoms with Crippen LogP contribution in [0.2, 0.25) is 0 Å². The lowest BCUT2D eigenvalue weighted by Gasteiger charge is -2.19. The molecule has 0 bridgehead atoms. The molecule has 1 fully saturated rings. The van der Waals surface area contributed by atoms with Gasteiger partial charge in [0.2, 0.25) is 0 Å². The number of methoxy groups -OCH3 is 1. The van der Waals surface area contributed by atoms with Gasteiger partial charge in [-0.1, -0.05) is 24.3 Å². The van der Waals surface area contributed by atoms with Crippen LogP contribution in [0.3, 0.4) is 0 Å². The van der Waals surface area contributed by atoms with Crippen LogP contribution in [0.5, 0.6) is 11.5 Å². The van der Waals surface area contributed by atoms with Crippen molar-refractivity contribution in [3.8, 4) is 17.6 Å². The molecule has 1 heterocycles. The van der Waals surface area contributed by atoms with Gasteiger partial charge < -0.3 is 19.8 Å². The number of para-hydroxylation sites is 3. The molecule has 1 aliphatic carbocycles. The van der Waals surface area contributed by atoms with Crippen LogP contribution in [-0.2, 0) is 12.8 Å². The molecule has 1 unspecified atom stereocenters. The fourth-order valence-corrected chi connectivity index (χ4v) is 4.39. The van der Waals surface area contributed by atoms with Crippen LogP contribution in [0.4, 0.5) is 0 Å². The molecule has 4 rings (SSSR count). The summed E-state index contributed by atoms with van der Waals surface area (Å²) in [5.41, 5.74) is 9.17. The molecule has 0 amide bonds. The standard InChI is InChI=1S/C26H29N5O2/c1-32-23-12-6-7-18(26(23)33-20-8-2-3-9-20)13-16-25-30-21-10-4-5-11-22(21)31(25)24(29)15-14-19(28)17-27/h4-7,10-12,14-15,20,24,28H,2-3,8-9,13,16,29H2,1H3. The fraction of sp³-hybridized carbons (Fsp3) is 0.346. The molecule has 170 valence electrons. The van der Waals surface area contributed by atoms with E-state index in [1.807, 2.05) is 41.0 Å². The Kier molecular flexibility index (Phi) is 7.06. The highest BCUT2D eigenvalue weighted by atomic mass is 16.5. The van der Waals surface area contributed by atoms with E-state index in [4.69, 9.17) is 30.9 Å². The number of rotatable bonds is 9. The number of hydrogen-bond acceptors (Lipinski definition) is 6. The number of fused-ring (bicyclic) bond motifs is 1. The second-order valence-electron chi connectivity index (χ2n) is 8.23. The minimum Gasteiger partial charge on any atom is -0.493 e. The molecule has 0 radical (unpaired) electrons. The van der Waals surface area contributed by atoms with Crippen molar-refractivity contribution in [2.45, 2.75) is 50.8 Å². The molecule has 2 aromatic carbocycles. The van der Waals surface area contributed by atoms with Crippen molar-refractivity contribution in [2.75, 3.05) is 7.11 Å². The number of imidazole rings is 1. The molecule has 7 heteroatoms. The summed E-state index contributed by atoms with van der Waals surface area (Å²) >= 11 is 0. The van der Waals surface area contributed by atoms with Gasteiger partial charge >= 0.3 is 0 Å². The first-order valence-electron chi connectivity index (χ1n) is 11.3. The summed E-state index contributed by atoms with van der Waals surface area (Å²) in [6.45, 7) is 0. The number of allylic oxidation sites excluding steroid dienone is 1. The number of aryl methyl sites for hydroxylation is 2. The van der Waals surface area contributed by atoms with Crippen LogP contribution in [-0.4, -0.2) is 28.5 Å². The highest BCUT2D eigenvalue weighted by Gasteiger charge is 2.21. The zero-order valence-electron chi connectivity index (χ0n) is 18.8. The third-order valence-electron chi connectivity index (χ3n) is 6.03. The molecule has 0 spiro atoms. The predicted octanol–water partition coefficient (Wildman–Crippen LogP) is 4.71. The first kappa shape index (κ1) is 22.6. The average molecular weight is 444 g/mol. The van der Waals surface area contributed by atoms with Crippen molar-refractivity contribution in [2.24, 2.45) is 5.73 Å². The van der Waals surface area contributed by atoms with E-state index in [1.165, 1.54) is 18.9 Å². The molecule has 33 heavy (non-hydrogen) atoms. The molecule has 7 nitrogen and oxygen atoms in total. The lowest BCUT2D eigenvalue weighted by molar-refractivity contribution is 0.198. The minimum atomic E-state index is -0.541. The highest BCUT2D eigenvalue weighted by molar-refractivity contribution is 6.04. The molecule has 0 saturated heterocycles. The number of nitrogens with zero attached hydrogens (tertiary/aromatic N) is 3. The Labute approximate surface area is 194 Å². The Hall–Kier alpha value is -3.63. The van der Waals surface area contributed by atoms with Crippen molar-refractivity contribution >= 4 is 16.7 Å². The summed E-state index contributed by atoms with van der Waals surface area (Å²) in [6.07, 6.45) is 8.70. The van der Waals surface area contributed by atoms with E-state index in [2.05, 4.69) is 6.07 Å². The molecular formula is C26H29N5O2. The maximum Gasteiger partial charge on any atom is 0.164 e. The molecular weight excluding hydrogens is 414 g/mol. The predicted molar refractivity (Wildman–Crippen MR) is 129 cm³/mol. The Morgan fingerprint density at radius 3 is 2.79 bits per heavy atom. The molecule has 3 N–H and O–H groups in total. The average Bonchev–Trinajstić information content (AvgIpc) is 3.49. The maximum absolute atomic E-state index is 8.88. The maximum atomic E-state index is 8.88. The van der Waals surface area contributed by atoms with Crippen LogP contribution in [0.1, 0.15) is 43.2 Å². The second kappa shape index (κ2) is 10.3. The molecule has 1 aromatic heterocycles. The fourth-order valence-electron chi connectivity index (χ4n) is 4.39. The van der Waals surface area contributed by atoms with Gasteiger partial charge in [0.05, 0.1) is 24.2 Å². The Morgan fingerprint density at radius 1 is 1.24 bits per heavy atom. The van der Waals surface area contributed by atoms with Crippen LogP contribution in [0.15, 0.2) is 54.6 Å². The van der Waals surface area contributed by atoms with Gasteiger partial charge in [-0.05, 0) is 68.0 Å². The lowest BCUT2D eigenvalue weighted by atomic mass is 10.1. The van der Waals surface area contributed by atoms with E-state index in [9.17, 15) is 0 Å². The molecule has 0 aliphatic heterocycles. The van der Waals surface area contributed by atoms with Crippen molar-refractivity contribution in [1.82, 2.24) is 9.55 Å². The second-order valence-corrected chi connectivity index (χ2v) is 8.23. The minimum absolute atomic E-state index is 0.137. The molecule has 1 saturated carbocycles. The number of nitrogens with one attached hydrogen (secondary N) is 1. The zero-order chi connectivity index (χ0) is 23.2. The number of ether oxygens (including phenoxy) is 2. The monoisotopic (exact) mass is 443 g/mol. The van der Waals surface area contributed by atoms with Crippen LogP contribution in [0, 0.1) is 16.7 Å². The zero-order valence-corrected chi connectivity index (χ0v) is 18.8. The summed E-state index contributed by atoms with van der Waals surface area (Å²) in [5.74, 6) is 2.41. The molecule has 1 aliphatic rings. The van der Waals surface area contributed by atoms with Gasteiger partial charge in [-0.25, -0.2) is 4.98 Å². The first-order chi connectivity index (χ1) is 16.1. The largest absolute Gasteiger partial charge is 0.493 e. The lowest BCUT2D eigenvalue weighted by Crippen LogP contribution is -2.19. The SMILES string of the molecule is COc1cccc(CCc2nc3ccccc3n2C(N)C=CC(=N)C#N)c1OC1CCCC1. The van der Waals surface area contributed by atoms with Crippen molar-refractivity contribution in [3.63, 3.8) is 0 Å². The number of nitriles is 1. The van der Waals surface area contributed by atoms with Gasteiger partial charge in [0.1, 0.15) is 23.8 Å². The summed E-state index contributed by atoms with van der Waals surface area (Å²) in [5, 5.41) is 16.4. The van der Waals surface area contributed by atoms with Gasteiger partial charge in [-0.15, -0.1) is 0 Å². The number of benzene rings is 2. The van der Waals surface area contributed by atoms with Crippen molar-refractivity contribution in [3.05, 3.63) is 66.0 Å². The number of hydrogen-bond donors (Lipinski definition) is 2. The van der Waals surface area contributed by atoms with Gasteiger partial charge in [-0.3, -0.25) is 5.41 Å². The van der Waals surface area contributed by atoms with E-state index in [0.29, 0.717) is 12.8 Å². The van der Waals surface area contributed by atoms with Gasteiger partial charge in [-0.2, -0.15) is 5.26 Å². The van der Waals surface area contributed by atoms with Gasteiger partial charge in [0.25, 0.3) is 0 Å². The van der Waals surface area contributed by atoms with Crippen LogP contribution in [0.25, 0.3) is 11.0 Å². The van der Waals surface area contributed by atoms with Crippen molar-refractivity contribution in [1.29, 1.82) is 10.7 Å². The number of nitrogens with two attached hydrogens (primary N) is 1. The van der Waals surface area contributed by atoms with E-state index in [0.717, 1.165) is 46.8 Å². The van der Waals surface area contributed by atoms with Crippen LogP contribution < -0.4 is 15.2 Å². The third-order valence-corrected chi connectivity index (χ3v) is 6.03. The molecule has 1 atom stereocenters. The van der Waals surface area contributed by atoms with Crippen LogP contribution >= 0.6 is 0 Å².